The van der Waals surface area contributed by atoms with E-state index in [9.17, 15) is 13.6 Å². The number of amides is 2. The van der Waals surface area contributed by atoms with Gasteiger partial charge in [-0.3, -0.25) is 0 Å². The van der Waals surface area contributed by atoms with Crippen molar-refractivity contribution in [3.8, 4) is 0 Å². The molecule has 0 saturated heterocycles. The number of hydrogen-bond donors (Lipinski definition) is 3. The van der Waals surface area contributed by atoms with Gasteiger partial charge in [0.1, 0.15) is 5.82 Å². The van der Waals surface area contributed by atoms with Crippen molar-refractivity contribution in [3.63, 3.8) is 0 Å². The van der Waals surface area contributed by atoms with Gasteiger partial charge in [-0.05, 0) is 35.3 Å². The standard InChI is InChI=1S/C11H13BrF2N2O2/c1-6(2-3-17)15-11(18)16-9-5-7(13)4-8(12)10(9)14/h4-6,17H,2-3H2,1H3,(H2,15,16,18). The van der Waals surface area contributed by atoms with Crippen molar-refractivity contribution in [2.75, 3.05) is 11.9 Å². The molecule has 0 aliphatic carbocycles. The van der Waals surface area contributed by atoms with Crippen LogP contribution >= 0.6 is 15.9 Å². The SMILES string of the molecule is CC(CCO)NC(=O)Nc1cc(F)cc(Br)c1F. The molecule has 7 heteroatoms. The molecule has 3 N–H and O–H groups in total. The monoisotopic (exact) mass is 322 g/mol. The highest BCUT2D eigenvalue weighted by Crippen LogP contribution is 2.24. The molecule has 0 aliphatic rings. The third-order valence-corrected chi connectivity index (χ3v) is 2.76. The highest BCUT2D eigenvalue weighted by atomic mass is 79.9. The first-order valence-electron chi connectivity index (χ1n) is 5.27. The van der Waals surface area contributed by atoms with Gasteiger partial charge in [-0.25, -0.2) is 13.6 Å². The first kappa shape index (κ1) is 14.8. The summed E-state index contributed by atoms with van der Waals surface area (Å²) in [5.41, 5.74) is -0.254. The van der Waals surface area contributed by atoms with Gasteiger partial charge in [0.2, 0.25) is 0 Å². The molecule has 0 saturated carbocycles. The zero-order chi connectivity index (χ0) is 13.7. The lowest BCUT2D eigenvalue weighted by Crippen LogP contribution is -2.36. The number of carbonyl (C=O) groups excluding carboxylic acids is 1. The predicted molar refractivity (Wildman–Crippen MR) is 67.4 cm³/mol. The fourth-order valence-electron chi connectivity index (χ4n) is 1.29. The van der Waals surface area contributed by atoms with Gasteiger partial charge in [0.05, 0.1) is 10.2 Å². The Kier molecular flexibility index (Phi) is 5.49. The molecule has 0 radical (unpaired) electrons. The van der Waals surface area contributed by atoms with Crippen LogP contribution in [-0.4, -0.2) is 23.8 Å². The highest BCUT2D eigenvalue weighted by molar-refractivity contribution is 9.10. The molecule has 0 spiro atoms. The first-order chi connectivity index (χ1) is 8.43. The van der Waals surface area contributed by atoms with Crippen LogP contribution in [0.15, 0.2) is 16.6 Å². The van der Waals surface area contributed by atoms with Crippen molar-refractivity contribution in [2.45, 2.75) is 19.4 Å². The van der Waals surface area contributed by atoms with Crippen LogP contribution in [0, 0.1) is 11.6 Å². The fourth-order valence-corrected chi connectivity index (χ4v) is 1.73. The quantitative estimate of drug-likeness (QED) is 0.746. The summed E-state index contributed by atoms with van der Waals surface area (Å²) in [4.78, 5) is 11.5. The fraction of sp³-hybridized carbons (Fsp3) is 0.364. The van der Waals surface area contributed by atoms with Crippen LogP contribution in [0.2, 0.25) is 0 Å². The number of anilines is 1. The van der Waals surface area contributed by atoms with Crippen molar-refractivity contribution in [3.05, 3.63) is 28.2 Å². The summed E-state index contributed by atoms with van der Waals surface area (Å²) in [6, 6.07) is 0.922. The molecule has 1 atom stereocenters. The molecule has 4 nitrogen and oxygen atoms in total. The van der Waals surface area contributed by atoms with E-state index in [4.69, 9.17) is 5.11 Å². The Hall–Kier alpha value is -1.21. The van der Waals surface area contributed by atoms with Crippen LogP contribution in [0.3, 0.4) is 0 Å². The molecule has 1 aromatic carbocycles. The average Bonchev–Trinajstić information content (AvgIpc) is 2.25. The Morgan fingerprint density at radius 3 is 2.78 bits per heavy atom. The number of urea groups is 1. The van der Waals surface area contributed by atoms with Gasteiger partial charge < -0.3 is 15.7 Å². The van der Waals surface area contributed by atoms with E-state index in [0.29, 0.717) is 6.42 Å². The molecular formula is C11H13BrF2N2O2. The minimum absolute atomic E-state index is 0.0681. The van der Waals surface area contributed by atoms with Gasteiger partial charge in [0.25, 0.3) is 0 Å². The zero-order valence-electron chi connectivity index (χ0n) is 9.64. The average molecular weight is 323 g/mol. The topological polar surface area (TPSA) is 61.4 Å². The minimum Gasteiger partial charge on any atom is -0.396 e. The third kappa shape index (κ3) is 4.23. The molecular weight excluding hydrogens is 310 g/mol. The van der Waals surface area contributed by atoms with Gasteiger partial charge in [-0.15, -0.1) is 0 Å². The van der Waals surface area contributed by atoms with Crippen LogP contribution in [0.4, 0.5) is 19.3 Å². The van der Waals surface area contributed by atoms with Gasteiger partial charge in [-0.1, -0.05) is 0 Å². The summed E-state index contributed by atoms with van der Waals surface area (Å²) in [6.07, 6.45) is 0.378. The minimum atomic E-state index is -0.749. The van der Waals surface area contributed by atoms with Crippen molar-refractivity contribution in [2.24, 2.45) is 0 Å². The number of rotatable bonds is 4. The Morgan fingerprint density at radius 1 is 1.50 bits per heavy atom. The summed E-state index contributed by atoms with van der Waals surface area (Å²) >= 11 is 2.84. The van der Waals surface area contributed by atoms with Crippen molar-refractivity contribution >= 4 is 27.6 Å². The van der Waals surface area contributed by atoms with Gasteiger partial charge >= 0.3 is 6.03 Å². The Morgan fingerprint density at radius 2 is 2.17 bits per heavy atom. The summed E-state index contributed by atoms with van der Waals surface area (Å²) in [6.45, 7) is 1.62. The lowest BCUT2D eigenvalue weighted by Gasteiger charge is -2.14. The lowest BCUT2D eigenvalue weighted by atomic mass is 10.2. The molecule has 2 amide bonds. The molecule has 0 aliphatic heterocycles. The molecule has 0 heterocycles. The number of halogens is 3. The number of aliphatic hydroxyl groups is 1. The van der Waals surface area contributed by atoms with Crippen LogP contribution in [-0.2, 0) is 0 Å². The van der Waals surface area contributed by atoms with Gasteiger partial charge in [0, 0.05) is 18.7 Å². The Bertz CT molecular complexity index is 443. The zero-order valence-corrected chi connectivity index (χ0v) is 11.2. The van der Waals surface area contributed by atoms with Crippen molar-refractivity contribution in [1.29, 1.82) is 0 Å². The summed E-state index contributed by atoms with van der Waals surface area (Å²) in [7, 11) is 0. The molecule has 100 valence electrons. The number of benzene rings is 1. The van der Waals surface area contributed by atoms with E-state index in [0.717, 1.165) is 12.1 Å². The second-order valence-electron chi connectivity index (χ2n) is 3.76. The number of carbonyl (C=O) groups is 1. The second kappa shape index (κ2) is 6.65. The molecule has 0 aromatic heterocycles. The van der Waals surface area contributed by atoms with Crippen LogP contribution < -0.4 is 10.6 Å². The van der Waals surface area contributed by atoms with Crippen molar-refractivity contribution in [1.82, 2.24) is 5.32 Å². The van der Waals surface area contributed by atoms with Crippen molar-refractivity contribution < 1.29 is 18.7 Å². The lowest BCUT2D eigenvalue weighted by molar-refractivity contribution is 0.241. The van der Waals surface area contributed by atoms with Crippen LogP contribution in [0.25, 0.3) is 0 Å². The van der Waals surface area contributed by atoms with E-state index in [1.165, 1.54) is 0 Å². The largest absolute Gasteiger partial charge is 0.396 e. The molecule has 18 heavy (non-hydrogen) atoms. The van der Waals surface area contributed by atoms with E-state index in [1.807, 2.05) is 0 Å². The molecule has 0 fully saturated rings. The highest BCUT2D eigenvalue weighted by Gasteiger charge is 2.13. The maximum absolute atomic E-state index is 13.5. The van der Waals surface area contributed by atoms with Crippen LogP contribution in [0.1, 0.15) is 13.3 Å². The maximum Gasteiger partial charge on any atom is 0.319 e. The Balaban J connectivity index is 2.70. The van der Waals surface area contributed by atoms with E-state index in [-0.39, 0.29) is 22.8 Å². The normalized spacial score (nSPS) is 12.1. The number of aliphatic hydroxyl groups excluding tert-OH is 1. The number of nitrogens with one attached hydrogen (secondary N) is 2. The predicted octanol–water partition coefficient (Wildman–Crippen LogP) is 2.62. The molecule has 1 unspecified atom stereocenters. The Labute approximate surface area is 112 Å². The summed E-state index contributed by atoms with van der Waals surface area (Å²) in [5.74, 6) is -1.41. The first-order valence-corrected chi connectivity index (χ1v) is 6.06. The maximum atomic E-state index is 13.5. The van der Waals surface area contributed by atoms with Gasteiger partial charge in [-0.2, -0.15) is 0 Å². The van der Waals surface area contributed by atoms with E-state index in [2.05, 4.69) is 26.6 Å². The van der Waals surface area contributed by atoms with E-state index >= 15 is 0 Å². The third-order valence-electron chi connectivity index (χ3n) is 2.18. The van der Waals surface area contributed by atoms with E-state index in [1.54, 1.807) is 6.92 Å². The molecule has 1 rings (SSSR count). The smallest absolute Gasteiger partial charge is 0.319 e. The second-order valence-corrected chi connectivity index (χ2v) is 4.62. The number of hydrogen-bond acceptors (Lipinski definition) is 2. The van der Waals surface area contributed by atoms with E-state index < -0.39 is 17.7 Å². The molecule has 0 bridgehead atoms. The van der Waals surface area contributed by atoms with Crippen LogP contribution in [0.5, 0.6) is 0 Å². The molecule has 1 aromatic rings. The van der Waals surface area contributed by atoms with Gasteiger partial charge in [0.15, 0.2) is 5.82 Å². The summed E-state index contributed by atoms with van der Waals surface area (Å²) in [5, 5.41) is 13.4. The summed E-state index contributed by atoms with van der Waals surface area (Å²) < 4.78 is 26.5.